The van der Waals surface area contributed by atoms with Crippen molar-refractivity contribution in [2.75, 3.05) is 7.05 Å². The van der Waals surface area contributed by atoms with Crippen molar-refractivity contribution in [3.8, 4) is 0 Å². The van der Waals surface area contributed by atoms with E-state index in [2.05, 4.69) is 36.5 Å². The molecule has 1 N–H and O–H groups in total. The lowest BCUT2D eigenvalue weighted by Gasteiger charge is -2.31. The zero-order valence-electron chi connectivity index (χ0n) is 12.1. The zero-order chi connectivity index (χ0) is 13.7. The average Bonchev–Trinajstić information content (AvgIpc) is 2.46. The highest BCUT2D eigenvalue weighted by Gasteiger charge is 2.27. The fraction of sp³-hybridized carbons (Fsp3) is 0.588. The van der Waals surface area contributed by atoms with Crippen LogP contribution in [-0.4, -0.2) is 13.0 Å². The maximum absolute atomic E-state index is 11.8. The van der Waals surface area contributed by atoms with E-state index in [0.717, 1.165) is 0 Å². The van der Waals surface area contributed by atoms with Gasteiger partial charge in [0.25, 0.3) is 0 Å². The number of carbonyl (C=O) groups is 1. The average molecular weight is 259 g/mol. The Morgan fingerprint density at radius 3 is 2.58 bits per heavy atom. The van der Waals surface area contributed by atoms with Gasteiger partial charge in [-0.25, -0.2) is 0 Å². The first-order valence-electron chi connectivity index (χ1n) is 7.48. The molecular weight excluding hydrogens is 234 g/mol. The first kappa shape index (κ1) is 14.1. The second-order valence-corrected chi connectivity index (χ2v) is 5.74. The minimum Gasteiger partial charge on any atom is -0.359 e. The first-order chi connectivity index (χ1) is 9.22. The molecule has 1 aliphatic rings. The van der Waals surface area contributed by atoms with Gasteiger partial charge in [-0.1, -0.05) is 43.5 Å². The smallest absolute Gasteiger partial charge is 0.220 e. The Bertz CT molecular complexity index is 421. The maximum atomic E-state index is 11.8. The van der Waals surface area contributed by atoms with E-state index in [1.165, 1.54) is 43.2 Å². The number of aryl methyl sites for hydroxylation is 1. The van der Waals surface area contributed by atoms with Crippen molar-refractivity contribution >= 4 is 5.91 Å². The molecule has 0 saturated heterocycles. The highest BCUT2D eigenvalue weighted by molar-refractivity contribution is 5.76. The summed E-state index contributed by atoms with van der Waals surface area (Å²) in [6.07, 6.45) is 7.18. The van der Waals surface area contributed by atoms with Crippen molar-refractivity contribution in [3.05, 3.63) is 35.4 Å². The maximum Gasteiger partial charge on any atom is 0.220 e. The molecule has 1 aliphatic carbocycles. The standard InChI is InChI=1S/C17H25NO/c1-13-8-6-7-11-15(13)16(12-17(19)18-2)14-9-4-3-5-10-14/h6-8,11,14,16H,3-5,9-10,12H2,1-2H3,(H,18,19). The topological polar surface area (TPSA) is 29.1 Å². The van der Waals surface area contributed by atoms with Gasteiger partial charge in [0.2, 0.25) is 5.91 Å². The second-order valence-electron chi connectivity index (χ2n) is 5.74. The predicted octanol–water partition coefficient (Wildman–Crippen LogP) is 3.80. The van der Waals surface area contributed by atoms with Crippen LogP contribution in [0, 0.1) is 12.8 Å². The molecule has 2 heteroatoms. The van der Waals surface area contributed by atoms with Gasteiger partial charge < -0.3 is 5.32 Å². The Balaban J connectivity index is 2.22. The van der Waals surface area contributed by atoms with Gasteiger partial charge in [-0.15, -0.1) is 0 Å². The number of carbonyl (C=O) groups excluding carboxylic acids is 1. The lowest BCUT2D eigenvalue weighted by Crippen LogP contribution is -2.25. The monoisotopic (exact) mass is 259 g/mol. The van der Waals surface area contributed by atoms with E-state index in [1.54, 1.807) is 7.05 Å². The quantitative estimate of drug-likeness (QED) is 0.875. The third-order valence-corrected chi connectivity index (χ3v) is 4.49. The molecule has 1 aromatic rings. The molecular formula is C17H25NO. The van der Waals surface area contributed by atoms with Crippen molar-refractivity contribution in [3.63, 3.8) is 0 Å². The van der Waals surface area contributed by atoms with Crippen molar-refractivity contribution in [1.82, 2.24) is 5.32 Å². The molecule has 1 atom stereocenters. The molecule has 2 rings (SSSR count). The summed E-state index contributed by atoms with van der Waals surface area (Å²) in [5.74, 6) is 1.23. The second kappa shape index (κ2) is 6.74. The normalized spacial score (nSPS) is 18.0. The Morgan fingerprint density at radius 1 is 1.26 bits per heavy atom. The minimum atomic E-state index is 0.166. The predicted molar refractivity (Wildman–Crippen MR) is 79.2 cm³/mol. The van der Waals surface area contributed by atoms with Crippen LogP contribution in [0.1, 0.15) is 55.6 Å². The summed E-state index contributed by atoms with van der Waals surface area (Å²) in [6, 6.07) is 8.55. The zero-order valence-corrected chi connectivity index (χ0v) is 12.1. The third kappa shape index (κ3) is 3.59. The summed E-state index contributed by atoms with van der Waals surface area (Å²) in [4.78, 5) is 11.8. The number of hydrogen-bond donors (Lipinski definition) is 1. The van der Waals surface area contributed by atoms with Crippen LogP contribution in [0.25, 0.3) is 0 Å². The van der Waals surface area contributed by atoms with Crippen LogP contribution in [0.4, 0.5) is 0 Å². The molecule has 0 heterocycles. The highest BCUT2D eigenvalue weighted by atomic mass is 16.1. The molecule has 1 aromatic carbocycles. The van der Waals surface area contributed by atoms with Crippen molar-refractivity contribution < 1.29 is 4.79 Å². The molecule has 1 unspecified atom stereocenters. The van der Waals surface area contributed by atoms with Gasteiger partial charge >= 0.3 is 0 Å². The summed E-state index contributed by atoms with van der Waals surface area (Å²) in [5.41, 5.74) is 2.69. The number of benzene rings is 1. The van der Waals surface area contributed by atoms with E-state index in [0.29, 0.717) is 18.3 Å². The molecule has 1 amide bonds. The minimum absolute atomic E-state index is 0.166. The summed E-state index contributed by atoms with van der Waals surface area (Å²) < 4.78 is 0. The van der Waals surface area contributed by atoms with Crippen LogP contribution in [0.15, 0.2) is 24.3 Å². The lowest BCUT2D eigenvalue weighted by molar-refractivity contribution is -0.121. The fourth-order valence-electron chi connectivity index (χ4n) is 3.37. The van der Waals surface area contributed by atoms with Crippen LogP contribution in [-0.2, 0) is 4.79 Å². The van der Waals surface area contributed by atoms with Crippen LogP contribution in [0.3, 0.4) is 0 Å². The van der Waals surface area contributed by atoms with Crippen molar-refractivity contribution in [2.45, 2.75) is 51.4 Å². The number of hydrogen-bond acceptors (Lipinski definition) is 1. The number of amides is 1. The Kier molecular flexibility index (Phi) is 5.00. The molecule has 2 nitrogen and oxygen atoms in total. The molecule has 1 fully saturated rings. The van der Waals surface area contributed by atoms with E-state index in [1.807, 2.05) is 0 Å². The van der Waals surface area contributed by atoms with Gasteiger partial charge in [0.15, 0.2) is 0 Å². The molecule has 0 radical (unpaired) electrons. The molecule has 0 spiro atoms. The Morgan fingerprint density at radius 2 is 1.95 bits per heavy atom. The molecule has 0 bridgehead atoms. The molecule has 0 aromatic heterocycles. The van der Waals surface area contributed by atoms with E-state index < -0.39 is 0 Å². The van der Waals surface area contributed by atoms with Gasteiger partial charge in [-0.05, 0) is 42.7 Å². The van der Waals surface area contributed by atoms with Crippen LogP contribution in [0.2, 0.25) is 0 Å². The van der Waals surface area contributed by atoms with E-state index in [-0.39, 0.29) is 5.91 Å². The number of rotatable bonds is 4. The van der Waals surface area contributed by atoms with Crippen molar-refractivity contribution in [2.24, 2.45) is 5.92 Å². The third-order valence-electron chi connectivity index (χ3n) is 4.49. The van der Waals surface area contributed by atoms with Crippen LogP contribution >= 0.6 is 0 Å². The lowest BCUT2D eigenvalue weighted by atomic mass is 9.74. The van der Waals surface area contributed by atoms with Gasteiger partial charge in [0, 0.05) is 13.5 Å². The molecule has 104 valence electrons. The van der Waals surface area contributed by atoms with Crippen LogP contribution in [0.5, 0.6) is 0 Å². The molecule has 1 saturated carbocycles. The Hall–Kier alpha value is -1.31. The largest absolute Gasteiger partial charge is 0.359 e. The Labute approximate surface area is 116 Å². The summed E-state index contributed by atoms with van der Waals surface area (Å²) in [6.45, 7) is 2.16. The van der Waals surface area contributed by atoms with Gasteiger partial charge in [-0.3, -0.25) is 4.79 Å². The SMILES string of the molecule is CNC(=O)CC(c1ccccc1C)C1CCCCC1. The van der Waals surface area contributed by atoms with E-state index in [4.69, 9.17) is 0 Å². The van der Waals surface area contributed by atoms with Gasteiger partial charge in [0.1, 0.15) is 0 Å². The summed E-state index contributed by atoms with van der Waals surface area (Å²) in [5, 5.41) is 2.78. The summed E-state index contributed by atoms with van der Waals surface area (Å²) >= 11 is 0. The van der Waals surface area contributed by atoms with Crippen LogP contribution < -0.4 is 5.32 Å². The van der Waals surface area contributed by atoms with Gasteiger partial charge in [-0.2, -0.15) is 0 Å². The molecule has 19 heavy (non-hydrogen) atoms. The highest BCUT2D eigenvalue weighted by Crippen LogP contribution is 2.39. The van der Waals surface area contributed by atoms with E-state index >= 15 is 0 Å². The van der Waals surface area contributed by atoms with Gasteiger partial charge in [0.05, 0.1) is 0 Å². The first-order valence-corrected chi connectivity index (χ1v) is 7.48. The van der Waals surface area contributed by atoms with Crippen molar-refractivity contribution in [1.29, 1.82) is 0 Å². The number of nitrogens with one attached hydrogen (secondary N) is 1. The molecule has 0 aliphatic heterocycles. The summed E-state index contributed by atoms with van der Waals surface area (Å²) in [7, 11) is 1.73. The van der Waals surface area contributed by atoms with E-state index in [9.17, 15) is 4.79 Å². The fourth-order valence-corrected chi connectivity index (χ4v) is 3.37.